The molecule has 0 aliphatic heterocycles. The summed E-state index contributed by atoms with van der Waals surface area (Å²) in [6.07, 6.45) is 0. The highest BCUT2D eigenvalue weighted by Crippen LogP contribution is 2.54. The number of benzene rings is 23. The van der Waals surface area contributed by atoms with E-state index >= 15 is 0 Å². The van der Waals surface area contributed by atoms with Crippen LogP contribution < -0.4 is 14.7 Å². The Bertz CT molecular complexity index is 9160. The molecule has 0 aliphatic rings. The van der Waals surface area contributed by atoms with Crippen LogP contribution in [0.25, 0.3) is 208 Å². The first-order chi connectivity index (χ1) is 67.5. The molecule has 0 radical (unpaired) electrons. The predicted molar refractivity (Wildman–Crippen MR) is 569 cm³/mol. The molecule has 5 aromatic heterocycles. The number of rotatable bonds is 13. The molecular formula is C128H81N3O5. The standard InChI is InChI=1S/2C50H31NO2.C28H19NO/c1-2-11-32(12-3-1)33-23-25-34(26-24-33)37-15-8-16-38(31-37)51(43-21-9-19-41-47-39-17-6-4-13-35(39)27-29-45(47)52-49(41)43)44-22-10-20-42-48-40-18-7-5-14-36(40)28-30-46(48)53-50(42)44;1-2-13-32(14-3-1)33-25-27-34(28-26-33)35-17-12-18-38(29-35)51(43-30-36-15-4-6-19-39(36)47-41-21-8-10-23-45(41)52-49(43)47)44-31-37-16-5-7-20-40(37)48-42-22-9-11-24-46(42)53-50(44)48;1-3-12-21(13-4-1)29(22-14-5-2-6-15-22)25-19-20-11-7-8-16-23(20)27-24-17-9-10-18-26(24)30-28(25)27/h2*1-31H;1-19H. The SMILES string of the molecule is c1ccc(-c2ccc(-c3cccc(N(c4cc5ccccc5c5c4oc4ccccc45)c4cc5ccccc5c5c4oc4ccccc45)c3)cc2)cc1.c1ccc(-c2ccc(-c3cccc(N(c4cccc5c4oc4ccc6ccccc6c45)c4cccc5c4oc4ccc6ccccc6c45)c3)cc2)cc1.c1ccc(N(c2ccccc2)c2cc3ccccc3c3c2oc2ccccc23)cc1. The van der Waals surface area contributed by atoms with Gasteiger partial charge in [-0.05, 0) is 208 Å². The molecule has 23 aromatic carbocycles. The first-order valence-corrected chi connectivity index (χ1v) is 46.1. The molecule has 5 heterocycles. The van der Waals surface area contributed by atoms with E-state index in [2.05, 4.69) is 470 Å². The van der Waals surface area contributed by atoms with Crippen LogP contribution in [0.2, 0.25) is 0 Å². The van der Waals surface area contributed by atoms with Crippen molar-refractivity contribution in [2.75, 3.05) is 14.7 Å². The Kier molecular flexibility index (Phi) is 19.1. The molecule has 8 nitrogen and oxygen atoms in total. The van der Waals surface area contributed by atoms with E-state index in [4.69, 9.17) is 22.1 Å². The number of hydrogen-bond donors (Lipinski definition) is 0. The highest BCUT2D eigenvalue weighted by atomic mass is 16.3. The van der Waals surface area contributed by atoms with Crippen LogP contribution in [0.4, 0.5) is 51.2 Å². The van der Waals surface area contributed by atoms with Crippen LogP contribution in [0.1, 0.15) is 0 Å². The zero-order chi connectivity index (χ0) is 89.7. The Balaban J connectivity index is 0.000000110. The van der Waals surface area contributed by atoms with E-state index in [1.165, 1.54) is 54.6 Å². The van der Waals surface area contributed by atoms with Gasteiger partial charge >= 0.3 is 0 Å². The summed E-state index contributed by atoms with van der Waals surface area (Å²) in [5.41, 5.74) is 27.0. The summed E-state index contributed by atoms with van der Waals surface area (Å²) in [7, 11) is 0. The van der Waals surface area contributed by atoms with Crippen LogP contribution in [0.15, 0.2) is 513 Å². The fraction of sp³-hybridized carbons (Fsp3) is 0. The minimum atomic E-state index is 0.829. The number of nitrogens with zero attached hydrogens (tertiary/aromatic N) is 3. The van der Waals surface area contributed by atoms with E-state index in [-0.39, 0.29) is 0 Å². The molecule has 0 saturated carbocycles. The first-order valence-electron chi connectivity index (χ1n) is 46.1. The van der Waals surface area contributed by atoms with Gasteiger partial charge in [0.15, 0.2) is 27.9 Å². The van der Waals surface area contributed by atoms with E-state index < -0.39 is 0 Å². The molecule has 0 bridgehead atoms. The van der Waals surface area contributed by atoms with Gasteiger partial charge in [0.25, 0.3) is 0 Å². The number of fused-ring (bicyclic) bond motifs is 25. The van der Waals surface area contributed by atoms with Crippen LogP contribution in [-0.2, 0) is 0 Å². The molecule has 0 aliphatic carbocycles. The van der Waals surface area contributed by atoms with Gasteiger partial charge in [-0.3, -0.25) is 0 Å². The molecule has 0 fully saturated rings. The van der Waals surface area contributed by atoms with Gasteiger partial charge in [-0.25, -0.2) is 0 Å². The van der Waals surface area contributed by atoms with E-state index in [9.17, 15) is 0 Å². The third kappa shape index (κ3) is 13.5. The number of hydrogen-bond acceptors (Lipinski definition) is 8. The van der Waals surface area contributed by atoms with Crippen LogP contribution in [0.5, 0.6) is 0 Å². The highest BCUT2D eigenvalue weighted by molar-refractivity contribution is 6.29. The molecule has 136 heavy (non-hydrogen) atoms. The summed E-state index contributed by atoms with van der Waals surface area (Å²) in [6.45, 7) is 0. The molecule has 28 aromatic rings. The molecule has 0 saturated heterocycles. The van der Waals surface area contributed by atoms with Crippen LogP contribution in [-0.4, -0.2) is 0 Å². The highest BCUT2D eigenvalue weighted by Gasteiger charge is 2.30. The third-order valence-corrected chi connectivity index (χ3v) is 26.9. The van der Waals surface area contributed by atoms with Gasteiger partial charge in [0.05, 0.1) is 28.4 Å². The van der Waals surface area contributed by atoms with Crippen LogP contribution >= 0.6 is 0 Å². The molecule has 638 valence electrons. The van der Waals surface area contributed by atoms with Crippen molar-refractivity contribution in [3.05, 3.63) is 491 Å². The quantitative estimate of drug-likeness (QED) is 0.113. The van der Waals surface area contributed by atoms with Crippen LogP contribution in [0.3, 0.4) is 0 Å². The summed E-state index contributed by atoms with van der Waals surface area (Å²) in [4.78, 5) is 6.93. The van der Waals surface area contributed by atoms with Crippen molar-refractivity contribution in [3.63, 3.8) is 0 Å². The number of para-hydroxylation sites is 7. The Labute approximate surface area is 782 Å². The maximum Gasteiger partial charge on any atom is 0.160 e. The normalized spacial score (nSPS) is 11.7. The molecule has 8 heteroatoms. The number of anilines is 9. The average Bonchev–Trinajstić information content (AvgIpc) is 1.50. The Morgan fingerprint density at radius 3 is 0.743 bits per heavy atom. The second-order valence-corrected chi connectivity index (χ2v) is 34.8. The monoisotopic (exact) mass is 1740 g/mol. The van der Waals surface area contributed by atoms with Gasteiger partial charge in [-0.1, -0.05) is 382 Å². The lowest BCUT2D eigenvalue weighted by Crippen LogP contribution is -2.11. The Morgan fingerprint density at radius 2 is 0.375 bits per heavy atom. The minimum absolute atomic E-state index is 0.829. The van der Waals surface area contributed by atoms with Gasteiger partial charge < -0.3 is 36.8 Å². The van der Waals surface area contributed by atoms with Crippen molar-refractivity contribution in [1.29, 1.82) is 0 Å². The molecule has 0 amide bonds. The Morgan fingerprint density at radius 1 is 0.125 bits per heavy atom. The zero-order valence-corrected chi connectivity index (χ0v) is 73.6. The number of furan rings is 5. The van der Waals surface area contributed by atoms with Crippen molar-refractivity contribution < 1.29 is 22.1 Å². The lowest BCUT2D eigenvalue weighted by Gasteiger charge is -2.27. The lowest BCUT2D eigenvalue weighted by atomic mass is 9.98. The van der Waals surface area contributed by atoms with Gasteiger partial charge in [-0.15, -0.1) is 0 Å². The van der Waals surface area contributed by atoms with Gasteiger partial charge in [-0.2, -0.15) is 0 Å². The van der Waals surface area contributed by atoms with Gasteiger partial charge in [0.1, 0.15) is 27.9 Å². The van der Waals surface area contributed by atoms with E-state index in [0.29, 0.717) is 0 Å². The largest absolute Gasteiger partial charge is 0.454 e. The fourth-order valence-corrected chi connectivity index (χ4v) is 20.6. The minimum Gasteiger partial charge on any atom is -0.454 e. The van der Waals surface area contributed by atoms with E-state index in [0.717, 1.165) is 205 Å². The molecular weight excluding hydrogens is 1660 g/mol. The first kappa shape index (κ1) is 78.8. The van der Waals surface area contributed by atoms with Crippen molar-refractivity contribution in [2.45, 2.75) is 0 Å². The second kappa shape index (κ2) is 33.0. The average molecular weight is 1740 g/mol. The van der Waals surface area contributed by atoms with Crippen LogP contribution in [0, 0.1) is 0 Å². The second-order valence-electron chi connectivity index (χ2n) is 34.8. The van der Waals surface area contributed by atoms with Crippen molar-refractivity contribution >= 4 is 215 Å². The fourth-order valence-electron chi connectivity index (χ4n) is 20.6. The molecule has 0 N–H and O–H groups in total. The van der Waals surface area contributed by atoms with Crippen molar-refractivity contribution in [2.24, 2.45) is 0 Å². The maximum atomic E-state index is 6.87. The van der Waals surface area contributed by atoms with E-state index in [1.54, 1.807) is 0 Å². The van der Waals surface area contributed by atoms with Gasteiger partial charge in [0.2, 0.25) is 0 Å². The van der Waals surface area contributed by atoms with Gasteiger partial charge in [0, 0.05) is 76.6 Å². The lowest BCUT2D eigenvalue weighted by molar-refractivity contribution is 0.666. The van der Waals surface area contributed by atoms with Crippen molar-refractivity contribution in [3.8, 4) is 44.5 Å². The Hall–Kier alpha value is -18.2. The summed E-state index contributed by atoms with van der Waals surface area (Å²) in [6, 6.07) is 173. The summed E-state index contributed by atoms with van der Waals surface area (Å²) < 4.78 is 33.9. The summed E-state index contributed by atoms with van der Waals surface area (Å²) in [5, 5.41) is 22.9. The zero-order valence-electron chi connectivity index (χ0n) is 73.6. The van der Waals surface area contributed by atoms with E-state index in [1.807, 2.05) is 36.4 Å². The third-order valence-electron chi connectivity index (χ3n) is 26.9. The predicted octanol–water partition coefficient (Wildman–Crippen LogP) is 37.4. The molecule has 28 rings (SSSR count). The molecule has 0 atom stereocenters. The molecule has 0 unspecified atom stereocenters. The summed E-state index contributed by atoms with van der Waals surface area (Å²) >= 11 is 0. The van der Waals surface area contributed by atoms with Crippen molar-refractivity contribution in [1.82, 2.24) is 0 Å². The molecule has 0 spiro atoms. The topological polar surface area (TPSA) is 75.4 Å². The summed E-state index contributed by atoms with van der Waals surface area (Å²) in [5.74, 6) is 0. The maximum absolute atomic E-state index is 6.87. The smallest absolute Gasteiger partial charge is 0.160 e.